The average Bonchev–Trinajstić information content (AvgIpc) is 3.07. The van der Waals surface area contributed by atoms with Crippen LogP contribution < -0.4 is 10.2 Å². The van der Waals surface area contributed by atoms with Crippen LogP contribution >= 0.6 is 7.82 Å². The van der Waals surface area contributed by atoms with E-state index in [9.17, 15) is 19.4 Å². The van der Waals surface area contributed by atoms with Crippen LogP contribution in [0.4, 0.5) is 0 Å². The fourth-order valence-corrected chi connectivity index (χ4v) is 6.69. The third kappa shape index (κ3) is 37.1. The fourth-order valence-electron chi connectivity index (χ4n) is 5.97. The number of rotatable bonds is 38. The van der Waals surface area contributed by atoms with Gasteiger partial charge in [-0.05, 0) is 64.2 Å². The molecule has 0 aliphatic carbocycles. The molecule has 0 aromatic carbocycles. The Labute approximate surface area is 315 Å². The van der Waals surface area contributed by atoms with Gasteiger partial charge in [0, 0.05) is 6.42 Å². The van der Waals surface area contributed by atoms with E-state index >= 15 is 0 Å². The van der Waals surface area contributed by atoms with Crippen LogP contribution in [0.25, 0.3) is 0 Å². The van der Waals surface area contributed by atoms with Crippen molar-refractivity contribution in [1.82, 2.24) is 5.32 Å². The van der Waals surface area contributed by atoms with E-state index in [1.165, 1.54) is 103 Å². The van der Waals surface area contributed by atoms with Crippen molar-refractivity contribution in [2.24, 2.45) is 0 Å². The highest BCUT2D eigenvalue weighted by Crippen LogP contribution is 2.38. The van der Waals surface area contributed by atoms with E-state index in [4.69, 9.17) is 9.05 Å². The molecule has 0 rings (SSSR count). The largest absolute Gasteiger partial charge is 0.756 e. The number of phosphoric ester groups is 1. The minimum atomic E-state index is -4.57. The molecule has 2 N–H and O–H groups in total. The van der Waals surface area contributed by atoms with Gasteiger partial charge in [-0.2, -0.15) is 0 Å². The van der Waals surface area contributed by atoms with E-state index < -0.39 is 20.0 Å². The topological polar surface area (TPSA) is 108 Å². The van der Waals surface area contributed by atoms with Gasteiger partial charge in [0.1, 0.15) is 13.2 Å². The number of carbonyl (C=O) groups is 1. The van der Waals surface area contributed by atoms with E-state index in [2.05, 4.69) is 43.5 Å². The summed E-state index contributed by atoms with van der Waals surface area (Å²) >= 11 is 0. The number of nitrogens with one attached hydrogen (secondary N) is 1. The summed E-state index contributed by atoms with van der Waals surface area (Å²) in [6.45, 7) is 4.67. The predicted octanol–water partition coefficient (Wildman–Crippen LogP) is 10.7. The van der Waals surface area contributed by atoms with Crippen LogP contribution in [-0.4, -0.2) is 68.5 Å². The number of hydrogen-bond donors (Lipinski definition) is 2. The highest BCUT2D eigenvalue weighted by atomic mass is 31.2. The zero-order valence-corrected chi connectivity index (χ0v) is 35.0. The van der Waals surface area contributed by atoms with Crippen molar-refractivity contribution < 1.29 is 32.9 Å². The number of aliphatic hydroxyl groups is 1. The van der Waals surface area contributed by atoms with Gasteiger partial charge in [-0.1, -0.05) is 141 Å². The first-order valence-corrected chi connectivity index (χ1v) is 22.6. The average molecular weight is 743 g/mol. The van der Waals surface area contributed by atoms with Crippen LogP contribution in [0.2, 0.25) is 0 Å². The lowest BCUT2D eigenvalue weighted by Crippen LogP contribution is -2.46. The Kier molecular flexibility index (Phi) is 34.0. The summed E-state index contributed by atoms with van der Waals surface area (Å²) in [5, 5.41) is 13.8. The van der Waals surface area contributed by atoms with Gasteiger partial charge < -0.3 is 28.8 Å². The lowest BCUT2D eigenvalue weighted by Gasteiger charge is -2.30. The zero-order valence-electron chi connectivity index (χ0n) is 34.1. The summed E-state index contributed by atoms with van der Waals surface area (Å²) in [4.78, 5) is 25.2. The molecule has 0 bridgehead atoms. The second kappa shape index (κ2) is 34.7. The van der Waals surface area contributed by atoms with Gasteiger partial charge in [0.2, 0.25) is 5.91 Å². The van der Waals surface area contributed by atoms with Crippen molar-refractivity contribution in [1.29, 1.82) is 0 Å². The van der Waals surface area contributed by atoms with Crippen LogP contribution in [0, 0.1) is 0 Å². The summed E-state index contributed by atoms with van der Waals surface area (Å²) in [6, 6.07) is -0.817. The third-order valence-electron chi connectivity index (χ3n) is 9.41. The molecule has 0 aliphatic heterocycles. The first-order chi connectivity index (χ1) is 24.5. The molecule has 0 fully saturated rings. The highest BCUT2D eigenvalue weighted by molar-refractivity contribution is 7.45. The van der Waals surface area contributed by atoms with E-state index in [-0.39, 0.29) is 19.1 Å². The Bertz CT molecular complexity index is 891. The number of quaternary nitrogens is 1. The van der Waals surface area contributed by atoms with Crippen molar-refractivity contribution in [2.75, 3.05) is 40.9 Å². The summed E-state index contributed by atoms with van der Waals surface area (Å²) in [7, 11) is 1.28. The number of amides is 1. The molecular formula is C42H83N2O6P. The third-order valence-corrected chi connectivity index (χ3v) is 10.4. The van der Waals surface area contributed by atoms with Crippen molar-refractivity contribution >= 4 is 13.7 Å². The molecule has 51 heavy (non-hydrogen) atoms. The Morgan fingerprint density at radius 2 is 1.08 bits per heavy atom. The molecule has 1 unspecified atom stereocenters. The second-order valence-corrected chi connectivity index (χ2v) is 17.1. The quantitative estimate of drug-likeness (QED) is 0.0282. The molecule has 0 aromatic heterocycles. The molecule has 0 heterocycles. The van der Waals surface area contributed by atoms with E-state index in [0.29, 0.717) is 23.9 Å². The smallest absolute Gasteiger partial charge is 0.268 e. The first-order valence-electron chi connectivity index (χ1n) is 21.2. The van der Waals surface area contributed by atoms with E-state index in [1.807, 2.05) is 21.1 Å². The van der Waals surface area contributed by atoms with Crippen LogP contribution in [0.5, 0.6) is 0 Å². The standard InChI is InChI=1S/C42H83N2O6P/c1-6-8-10-12-14-16-18-20-22-24-26-28-30-32-34-36-42(46)43-40(39-50-51(47,48)49-38-37-44(3,4)5)41(45)35-33-31-29-27-25-23-21-19-17-15-13-11-9-7-2/h20,22,25,27,40-41,45H,6-19,21,23-24,26,28-39H2,1-5H3,(H-,43,46,47,48)/b22-20+,27-25+/t40-,41+/m0/s1. The maximum atomic E-state index is 12.8. The molecule has 0 saturated carbocycles. The van der Waals surface area contributed by atoms with Crippen molar-refractivity contribution in [3.63, 3.8) is 0 Å². The summed E-state index contributed by atoms with van der Waals surface area (Å²) < 4.78 is 23.2. The van der Waals surface area contributed by atoms with Gasteiger partial charge in [0.25, 0.3) is 7.82 Å². The Morgan fingerprint density at radius 1 is 0.667 bits per heavy atom. The Hall–Kier alpha value is -1.02. The molecular weight excluding hydrogens is 659 g/mol. The fraction of sp³-hybridized carbons (Fsp3) is 0.881. The highest BCUT2D eigenvalue weighted by Gasteiger charge is 2.24. The predicted molar refractivity (Wildman–Crippen MR) is 215 cm³/mol. The number of allylic oxidation sites excluding steroid dienone is 4. The molecule has 1 amide bonds. The number of unbranched alkanes of at least 4 members (excludes halogenated alkanes) is 21. The summed E-state index contributed by atoms with van der Waals surface area (Å²) in [6.07, 6.45) is 38.9. The Balaban J connectivity index is 4.46. The van der Waals surface area contributed by atoms with Crippen LogP contribution in [0.3, 0.4) is 0 Å². The van der Waals surface area contributed by atoms with Gasteiger partial charge in [0.15, 0.2) is 0 Å². The van der Waals surface area contributed by atoms with Gasteiger partial charge >= 0.3 is 0 Å². The Morgan fingerprint density at radius 3 is 1.53 bits per heavy atom. The molecule has 8 nitrogen and oxygen atoms in total. The number of likely N-dealkylation sites (N-methyl/N-ethyl adjacent to an activating group) is 1. The van der Waals surface area contributed by atoms with Crippen molar-refractivity contribution in [3.8, 4) is 0 Å². The molecule has 0 aromatic rings. The van der Waals surface area contributed by atoms with Crippen molar-refractivity contribution in [2.45, 2.75) is 199 Å². The monoisotopic (exact) mass is 743 g/mol. The van der Waals surface area contributed by atoms with Gasteiger partial charge in [-0.25, -0.2) is 0 Å². The molecule has 0 radical (unpaired) electrons. The maximum Gasteiger partial charge on any atom is 0.268 e. The van der Waals surface area contributed by atoms with Crippen molar-refractivity contribution in [3.05, 3.63) is 24.3 Å². The lowest BCUT2D eigenvalue weighted by atomic mass is 10.0. The first kappa shape index (κ1) is 50.0. The number of nitrogens with zero attached hydrogens (tertiary/aromatic N) is 1. The SMILES string of the molecule is CCCCCCCC/C=C/CCCCCCCC(=O)N[C@@H](COP(=O)([O-])OCC[N+](C)(C)C)[C@H](O)CCCC/C=C/CCCCCCCCCC. The molecule has 302 valence electrons. The van der Waals surface area contributed by atoms with Crippen LogP contribution in [0.1, 0.15) is 187 Å². The second-order valence-electron chi connectivity index (χ2n) is 15.7. The lowest BCUT2D eigenvalue weighted by molar-refractivity contribution is -0.870. The molecule has 0 saturated heterocycles. The molecule has 9 heteroatoms. The van der Waals surface area contributed by atoms with Crippen LogP contribution in [0.15, 0.2) is 24.3 Å². The van der Waals surface area contributed by atoms with E-state index in [1.54, 1.807) is 0 Å². The minimum Gasteiger partial charge on any atom is -0.756 e. The minimum absolute atomic E-state index is 0.00586. The maximum absolute atomic E-state index is 12.8. The summed E-state index contributed by atoms with van der Waals surface area (Å²) in [5.74, 6) is -0.184. The zero-order chi connectivity index (χ0) is 37.9. The van der Waals surface area contributed by atoms with Gasteiger partial charge in [-0.15, -0.1) is 0 Å². The normalized spacial score (nSPS) is 14.7. The number of phosphoric acid groups is 1. The van der Waals surface area contributed by atoms with Crippen LogP contribution in [-0.2, 0) is 18.4 Å². The molecule has 0 aliphatic rings. The van der Waals surface area contributed by atoms with Gasteiger partial charge in [-0.3, -0.25) is 9.36 Å². The molecule has 0 spiro atoms. The van der Waals surface area contributed by atoms with E-state index in [0.717, 1.165) is 57.8 Å². The summed E-state index contributed by atoms with van der Waals surface area (Å²) in [5.41, 5.74) is 0. The van der Waals surface area contributed by atoms with Gasteiger partial charge in [0.05, 0.1) is 39.9 Å². The number of carbonyl (C=O) groups excluding carboxylic acids is 1. The molecule has 3 atom stereocenters. The number of hydrogen-bond acceptors (Lipinski definition) is 6. The number of aliphatic hydroxyl groups excluding tert-OH is 1.